The van der Waals surface area contributed by atoms with Crippen LogP contribution in [0.25, 0.3) is 0 Å². The van der Waals surface area contributed by atoms with Crippen LogP contribution in [0.2, 0.25) is 0 Å². The minimum absolute atomic E-state index is 0. The van der Waals surface area contributed by atoms with Crippen LogP contribution in [0.4, 0.5) is 0 Å². The Balaban J connectivity index is 0.00000144. The highest BCUT2D eigenvalue weighted by atomic mass is 79.9. The molecule has 0 aliphatic rings. The van der Waals surface area contributed by atoms with Gasteiger partial charge in [-0.05, 0) is 34.5 Å². The maximum Gasteiger partial charge on any atom is 0.0560 e. The van der Waals surface area contributed by atoms with Crippen molar-refractivity contribution in [3.8, 4) is 0 Å². The van der Waals surface area contributed by atoms with Gasteiger partial charge in [-0.25, -0.2) is 0 Å². The Morgan fingerprint density at radius 2 is 2.31 bits per heavy atom. The van der Waals surface area contributed by atoms with Crippen LogP contribution >= 0.6 is 28.3 Å². The average molecular weight is 266 g/mol. The van der Waals surface area contributed by atoms with Crippen LogP contribution in [-0.4, -0.2) is 11.0 Å². The summed E-state index contributed by atoms with van der Waals surface area (Å²) in [6, 6.07) is 4.12. The van der Waals surface area contributed by atoms with Crippen molar-refractivity contribution in [2.24, 2.45) is 5.73 Å². The largest absolute Gasteiger partial charge is 0.327 e. The lowest BCUT2D eigenvalue weighted by molar-refractivity contribution is 0.635. The number of nitrogens with zero attached hydrogens (tertiary/aromatic N) is 1. The molecule has 1 heterocycles. The van der Waals surface area contributed by atoms with Crippen LogP contribution in [-0.2, 0) is 6.42 Å². The lowest BCUT2D eigenvalue weighted by Gasteiger charge is -2.08. The molecule has 0 aromatic carbocycles. The molecule has 0 saturated carbocycles. The predicted molar refractivity (Wildman–Crippen MR) is 61.2 cm³/mol. The number of hydrogen-bond acceptors (Lipinski definition) is 2. The second-order valence-electron chi connectivity index (χ2n) is 2.80. The van der Waals surface area contributed by atoms with Crippen molar-refractivity contribution in [1.82, 2.24) is 4.98 Å². The van der Waals surface area contributed by atoms with Gasteiger partial charge in [0, 0.05) is 23.1 Å². The Kier molecular flexibility index (Phi) is 6.29. The fourth-order valence-electron chi connectivity index (χ4n) is 0.961. The lowest BCUT2D eigenvalue weighted by atomic mass is 10.1. The van der Waals surface area contributed by atoms with E-state index >= 15 is 0 Å². The number of rotatable bonds is 3. The molecule has 0 bridgehead atoms. The smallest absolute Gasteiger partial charge is 0.0560 e. The summed E-state index contributed by atoms with van der Waals surface area (Å²) in [6.45, 7) is 2.08. The molecule has 2 nitrogen and oxygen atoms in total. The first-order valence-electron chi connectivity index (χ1n) is 4.09. The van der Waals surface area contributed by atoms with Gasteiger partial charge >= 0.3 is 0 Å². The van der Waals surface area contributed by atoms with Crippen LogP contribution < -0.4 is 5.73 Å². The average Bonchev–Trinajstić information content (AvgIpc) is 2.09. The van der Waals surface area contributed by atoms with Gasteiger partial charge in [0.05, 0.1) is 5.69 Å². The number of aromatic nitrogens is 1. The van der Waals surface area contributed by atoms with E-state index in [0.717, 1.165) is 23.0 Å². The maximum atomic E-state index is 5.81. The second kappa shape index (κ2) is 6.35. The van der Waals surface area contributed by atoms with E-state index in [4.69, 9.17) is 5.73 Å². The molecule has 0 saturated heterocycles. The lowest BCUT2D eigenvalue weighted by Crippen LogP contribution is -2.22. The Labute approximate surface area is 93.5 Å². The van der Waals surface area contributed by atoms with Crippen LogP contribution in [0.5, 0.6) is 0 Å². The molecule has 0 fully saturated rings. The number of halogens is 2. The Bertz CT molecular complexity index is 255. The zero-order valence-electron chi connectivity index (χ0n) is 7.53. The zero-order valence-corrected chi connectivity index (χ0v) is 9.94. The van der Waals surface area contributed by atoms with Crippen LogP contribution in [0.15, 0.2) is 22.8 Å². The van der Waals surface area contributed by atoms with Gasteiger partial charge in [0.2, 0.25) is 0 Å². The third kappa shape index (κ3) is 4.07. The molecule has 4 heteroatoms. The van der Waals surface area contributed by atoms with Gasteiger partial charge in [-0.15, -0.1) is 12.4 Å². The van der Waals surface area contributed by atoms with E-state index in [1.165, 1.54) is 0 Å². The van der Waals surface area contributed by atoms with E-state index in [2.05, 4.69) is 27.8 Å². The second-order valence-corrected chi connectivity index (χ2v) is 3.66. The zero-order chi connectivity index (χ0) is 8.97. The fourth-order valence-corrected chi connectivity index (χ4v) is 1.38. The predicted octanol–water partition coefficient (Wildman–Crippen LogP) is 2.55. The first-order valence-corrected chi connectivity index (χ1v) is 4.88. The molecule has 13 heavy (non-hydrogen) atoms. The molecule has 0 aliphatic heterocycles. The highest BCUT2D eigenvalue weighted by Crippen LogP contribution is 2.14. The topological polar surface area (TPSA) is 38.9 Å². The van der Waals surface area contributed by atoms with Gasteiger partial charge in [0.1, 0.15) is 0 Å². The summed E-state index contributed by atoms with van der Waals surface area (Å²) in [5, 5.41) is 0. The Morgan fingerprint density at radius 3 is 2.85 bits per heavy atom. The van der Waals surface area contributed by atoms with Gasteiger partial charge in [0.25, 0.3) is 0 Å². The quantitative estimate of drug-likeness (QED) is 0.912. The Hall–Kier alpha value is -0.120. The van der Waals surface area contributed by atoms with E-state index in [-0.39, 0.29) is 18.4 Å². The van der Waals surface area contributed by atoms with Crippen molar-refractivity contribution < 1.29 is 0 Å². The summed E-state index contributed by atoms with van der Waals surface area (Å²) in [5.74, 6) is 0. The van der Waals surface area contributed by atoms with Crippen LogP contribution in [0, 0.1) is 0 Å². The third-order valence-corrected chi connectivity index (χ3v) is 2.54. The van der Waals surface area contributed by atoms with Gasteiger partial charge in [-0.2, -0.15) is 0 Å². The van der Waals surface area contributed by atoms with Gasteiger partial charge in [0.15, 0.2) is 0 Å². The van der Waals surface area contributed by atoms with Gasteiger partial charge < -0.3 is 5.73 Å². The van der Waals surface area contributed by atoms with Crippen molar-refractivity contribution >= 4 is 28.3 Å². The molecular formula is C9H14BrClN2. The van der Waals surface area contributed by atoms with E-state index in [1.54, 1.807) is 6.20 Å². The first-order chi connectivity index (χ1) is 5.74. The normalized spacial score (nSPS) is 11.9. The minimum Gasteiger partial charge on any atom is -0.327 e. The summed E-state index contributed by atoms with van der Waals surface area (Å²) in [6.07, 6.45) is 3.63. The van der Waals surface area contributed by atoms with Gasteiger partial charge in [-0.1, -0.05) is 6.92 Å². The molecule has 0 amide bonds. The van der Waals surface area contributed by atoms with Crippen molar-refractivity contribution in [3.63, 3.8) is 0 Å². The molecule has 1 atom stereocenters. The molecule has 0 aliphatic carbocycles. The van der Waals surface area contributed by atoms with Crippen molar-refractivity contribution in [1.29, 1.82) is 0 Å². The number of hydrogen-bond donors (Lipinski definition) is 1. The van der Waals surface area contributed by atoms with Crippen molar-refractivity contribution in [2.45, 2.75) is 25.8 Å². The molecule has 1 unspecified atom stereocenters. The van der Waals surface area contributed by atoms with Crippen LogP contribution in [0.3, 0.4) is 0 Å². The summed E-state index contributed by atoms with van der Waals surface area (Å²) in [4.78, 5) is 4.24. The van der Waals surface area contributed by atoms with Crippen molar-refractivity contribution in [2.75, 3.05) is 0 Å². The Morgan fingerprint density at radius 1 is 1.62 bits per heavy atom. The monoisotopic (exact) mass is 264 g/mol. The molecular weight excluding hydrogens is 251 g/mol. The highest BCUT2D eigenvalue weighted by molar-refractivity contribution is 9.10. The number of pyridine rings is 1. The molecule has 2 N–H and O–H groups in total. The number of nitrogens with two attached hydrogens (primary N) is 1. The van der Waals surface area contributed by atoms with E-state index in [9.17, 15) is 0 Å². The minimum atomic E-state index is 0. The molecule has 0 spiro atoms. The van der Waals surface area contributed by atoms with Crippen LogP contribution in [0.1, 0.15) is 19.0 Å². The van der Waals surface area contributed by atoms with E-state index in [0.29, 0.717) is 0 Å². The molecule has 0 radical (unpaired) electrons. The van der Waals surface area contributed by atoms with E-state index < -0.39 is 0 Å². The van der Waals surface area contributed by atoms with E-state index in [1.807, 2.05) is 12.1 Å². The molecule has 1 aromatic rings. The summed E-state index contributed by atoms with van der Waals surface area (Å²) >= 11 is 3.44. The first kappa shape index (κ1) is 12.9. The third-order valence-electron chi connectivity index (χ3n) is 1.81. The highest BCUT2D eigenvalue weighted by Gasteiger charge is 2.04. The molecule has 74 valence electrons. The summed E-state index contributed by atoms with van der Waals surface area (Å²) in [5.41, 5.74) is 6.86. The summed E-state index contributed by atoms with van der Waals surface area (Å²) in [7, 11) is 0. The summed E-state index contributed by atoms with van der Waals surface area (Å²) < 4.78 is 1.05. The molecule has 1 rings (SSSR count). The molecule has 1 aromatic heterocycles. The SMILES string of the molecule is CCC(N)Cc1ncccc1Br.Cl. The fraction of sp³-hybridized carbons (Fsp3) is 0.444. The standard InChI is InChI=1S/C9H13BrN2.ClH/c1-2-7(11)6-9-8(10)4-3-5-12-9;/h3-5,7H,2,6,11H2,1H3;1H. The maximum absolute atomic E-state index is 5.81. The van der Waals surface area contributed by atoms with Gasteiger partial charge in [-0.3, -0.25) is 4.98 Å². The van der Waals surface area contributed by atoms with Crippen molar-refractivity contribution in [3.05, 3.63) is 28.5 Å².